The van der Waals surface area contributed by atoms with Crippen molar-refractivity contribution in [2.24, 2.45) is 5.92 Å². The van der Waals surface area contributed by atoms with Crippen LogP contribution in [0.2, 0.25) is 0 Å². The Hall–Kier alpha value is -1.91. The van der Waals surface area contributed by atoms with Crippen LogP contribution in [0, 0.1) is 5.92 Å². The fraction of sp³-hybridized carbons (Fsp3) is 0.533. The van der Waals surface area contributed by atoms with Crippen LogP contribution in [0.4, 0.5) is 0 Å². The number of carbonyl (C=O) groups excluding carboxylic acids is 2. The summed E-state index contributed by atoms with van der Waals surface area (Å²) in [6, 6.07) is 3.75. The lowest BCUT2D eigenvalue weighted by atomic mass is 9.85. The summed E-state index contributed by atoms with van der Waals surface area (Å²) in [6.45, 7) is 0.438. The summed E-state index contributed by atoms with van der Waals surface area (Å²) in [5.74, 6) is -0.663. The normalized spacial score (nSPS) is 23.8. The van der Waals surface area contributed by atoms with E-state index >= 15 is 0 Å². The first-order valence-corrected chi connectivity index (χ1v) is 7.08. The number of carbonyl (C=O) groups is 2. The summed E-state index contributed by atoms with van der Waals surface area (Å²) in [6.07, 6.45) is 7.30. The highest BCUT2D eigenvalue weighted by atomic mass is 16.6. The molecule has 2 fully saturated rings. The second-order valence-electron chi connectivity index (χ2n) is 5.58. The second kappa shape index (κ2) is 5.23. The van der Waals surface area contributed by atoms with E-state index in [9.17, 15) is 9.59 Å². The van der Waals surface area contributed by atoms with Crippen molar-refractivity contribution in [3.8, 4) is 0 Å². The molecule has 1 aliphatic heterocycles. The molecule has 1 spiro atoms. The molecule has 0 aromatic carbocycles. The number of amides is 1. The largest absolute Gasteiger partial charge is 0.458 e. The Morgan fingerprint density at radius 3 is 2.95 bits per heavy atom. The molecule has 1 N–H and O–H groups in total. The van der Waals surface area contributed by atoms with Gasteiger partial charge in [0.25, 0.3) is 0 Å². The molecule has 1 aromatic heterocycles. The minimum atomic E-state index is -0.532. The molecule has 2 aliphatic rings. The van der Waals surface area contributed by atoms with E-state index < -0.39 is 5.60 Å². The molecule has 1 saturated carbocycles. The Bertz CT molecular complexity index is 509. The van der Waals surface area contributed by atoms with Crippen LogP contribution in [0.1, 0.15) is 37.7 Å². The van der Waals surface area contributed by atoms with Gasteiger partial charge in [0.1, 0.15) is 5.60 Å². The van der Waals surface area contributed by atoms with Crippen LogP contribution in [0.3, 0.4) is 0 Å². The Morgan fingerprint density at radius 1 is 1.45 bits per heavy atom. The average molecular weight is 274 g/mol. The fourth-order valence-electron chi connectivity index (χ4n) is 3.26. The highest BCUT2D eigenvalue weighted by Gasteiger charge is 2.53. The van der Waals surface area contributed by atoms with Gasteiger partial charge in [0.15, 0.2) is 0 Å². The van der Waals surface area contributed by atoms with Crippen LogP contribution >= 0.6 is 0 Å². The first-order chi connectivity index (χ1) is 9.70. The molecule has 20 heavy (non-hydrogen) atoms. The minimum absolute atomic E-state index is 0.0818. The van der Waals surface area contributed by atoms with E-state index in [1.54, 1.807) is 12.4 Å². The molecule has 1 amide bonds. The van der Waals surface area contributed by atoms with Crippen molar-refractivity contribution in [3.05, 3.63) is 30.1 Å². The number of nitrogens with zero attached hydrogens (tertiary/aromatic N) is 1. The topological polar surface area (TPSA) is 68.3 Å². The van der Waals surface area contributed by atoms with Crippen molar-refractivity contribution in [3.63, 3.8) is 0 Å². The summed E-state index contributed by atoms with van der Waals surface area (Å²) < 4.78 is 5.48. The van der Waals surface area contributed by atoms with Crippen LogP contribution < -0.4 is 5.32 Å². The van der Waals surface area contributed by atoms with E-state index in [0.717, 1.165) is 31.2 Å². The number of pyridine rings is 1. The SMILES string of the molecule is O=C1C[C@@H](C(=O)NCc2cccnc2)C2(CCCC2)O1. The van der Waals surface area contributed by atoms with Crippen molar-refractivity contribution in [1.82, 2.24) is 10.3 Å². The van der Waals surface area contributed by atoms with E-state index in [1.165, 1.54) is 0 Å². The van der Waals surface area contributed by atoms with Crippen molar-refractivity contribution < 1.29 is 14.3 Å². The highest BCUT2D eigenvalue weighted by Crippen LogP contribution is 2.45. The van der Waals surface area contributed by atoms with Crippen molar-refractivity contribution >= 4 is 11.9 Å². The van der Waals surface area contributed by atoms with Crippen molar-refractivity contribution in [2.45, 2.75) is 44.2 Å². The number of ether oxygens (including phenoxy) is 1. The summed E-state index contributed by atoms with van der Waals surface area (Å²) in [5, 5.41) is 2.90. The van der Waals surface area contributed by atoms with E-state index in [-0.39, 0.29) is 24.2 Å². The maximum absolute atomic E-state index is 12.4. The lowest BCUT2D eigenvalue weighted by molar-refractivity contribution is -0.149. The molecule has 1 atom stereocenters. The van der Waals surface area contributed by atoms with Gasteiger partial charge in [-0.1, -0.05) is 6.07 Å². The number of rotatable bonds is 3. The molecule has 1 aliphatic carbocycles. The van der Waals surface area contributed by atoms with Gasteiger partial charge in [0.05, 0.1) is 12.3 Å². The molecular weight excluding hydrogens is 256 g/mol. The number of hydrogen-bond acceptors (Lipinski definition) is 4. The average Bonchev–Trinajstić information content (AvgIpc) is 3.05. The van der Waals surface area contributed by atoms with Crippen LogP contribution in [-0.4, -0.2) is 22.5 Å². The predicted molar refractivity (Wildman–Crippen MR) is 71.5 cm³/mol. The van der Waals surface area contributed by atoms with Gasteiger partial charge in [0.2, 0.25) is 5.91 Å². The van der Waals surface area contributed by atoms with Crippen LogP contribution in [0.5, 0.6) is 0 Å². The van der Waals surface area contributed by atoms with E-state index in [0.29, 0.717) is 6.54 Å². The lowest BCUT2D eigenvalue weighted by Gasteiger charge is -2.27. The second-order valence-corrected chi connectivity index (χ2v) is 5.58. The third-order valence-corrected chi connectivity index (χ3v) is 4.28. The molecule has 1 aromatic rings. The van der Waals surface area contributed by atoms with Gasteiger partial charge in [-0.2, -0.15) is 0 Å². The standard InChI is InChI=1S/C15H18N2O3/c18-13-8-12(15(20-13)5-1-2-6-15)14(19)17-10-11-4-3-7-16-9-11/h3-4,7,9,12H,1-2,5-6,8,10H2,(H,17,19)/t12-/m0/s1. The van der Waals surface area contributed by atoms with Gasteiger partial charge in [-0.15, -0.1) is 0 Å². The molecule has 5 nitrogen and oxygen atoms in total. The van der Waals surface area contributed by atoms with Gasteiger partial charge in [0, 0.05) is 18.9 Å². The number of nitrogens with one attached hydrogen (secondary N) is 1. The molecule has 0 bridgehead atoms. The smallest absolute Gasteiger partial charge is 0.307 e. The molecular formula is C15H18N2O3. The van der Waals surface area contributed by atoms with Crippen molar-refractivity contribution in [1.29, 1.82) is 0 Å². The molecule has 2 heterocycles. The molecule has 5 heteroatoms. The zero-order valence-electron chi connectivity index (χ0n) is 11.3. The summed E-state index contributed by atoms with van der Waals surface area (Å²) >= 11 is 0. The van der Waals surface area contributed by atoms with Gasteiger partial charge < -0.3 is 10.1 Å². The molecule has 0 radical (unpaired) electrons. The van der Waals surface area contributed by atoms with Crippen LogP contribution in [0.25, 0.3) is 0 Å². The molecule has 106 valence electrons. The lowest BCUT2D eigenvalue weighted by Crippen LogP contribution is -2.42. The molecule has 0 unspecified atom stereocenters. The van der Waals surface area contributed by atoms with E-state index in [4.69, 9.17) is 4.74 Å². The third-order valence-electron chi connectivity index (χ3n) is 4.28. The Morgan fingerprint density at radius 2 is 2.25 bits per heavy atom. The quantitative estimate of drug-likeness (QED) is 0.850. The third kappa shape index (κ3) is 2.40. The van der Waals surface area contributed by atoms with E-state index in [2.05, 4.69) is 10.3 Å². The predicted octanol–water partition coefficient (Wildman–Crippen LogP) is 1.57. The van der Waals surface area contributed by atoms with E-state index in [1.807, 2.05) is 12.1 Å². The number of hydrogen-bond donors (Lipinski definition) is 1. The van der Waals surface area contributed by atoms with Gasteiger partial charge in [-0.05, 0) is 37.3 Å². The van der Waals surface area contributed by atoms with Gasteiger partial charge in [-0.3, -0.25) is 14.6 Å². The molecule has 1 saturated heterocycles. The zero-order valence-corrected chi connectivity index (χ0v) is 11.3. The van der Waals surface area contributed by atoms with Gasteiger partial charge in [-0.25, -0.2) is 0 Å². The van der Waals surface area contributed by atoms with Crippen molar-refractivity contribution in [2.75, 3.05) is 0 Å². The maximum Gasteiger partial charge on any atom is 0.307 e. The molecule has 3 rings (SSSR count). The van der Waals surface area contributed by atoms with Gasteiger partial charge >= 0.3 is 5.97 Å². The van der Waals surface area contributed by atoms with Crippen LogP contribution in [-0.2, 0) is 20.9 Å². The highest BCUT2D eigenvalue weighted by molar-refractivity contribution is 5.87. The summed E-state index contributed by atoms with van der Waals surface area (Å²) in [7, 11) is 0. The zero-order chi connectivity index (χ0) is 14.0. The Kier molecular flexibility index (Phi) is 3.42. The summed E-state index contributed by atoms with van der Waals surface area (Å²) in [4.78, 5) is 28.0. The number of aromatic nitrogens is 1. The Balaban J connectivity index is 1.65. The maximum atomic E-state index is 12.4. The minimum Gasteiger partial charge on any atom is -0.458 e. The summed E-state index contributed by atoms with van der Waals surface area (Å²) in [5.41, 5.74) is 0.419. The first kappa shape index (κ1) is 13.1. The van der Waals surface area contributed by atoms with Crippen LogP contribution in [0.15, 0.2) is 24.5 Å². The Labute approximate surface area is 117 Å². The fourth-order valence-corrected chi connectivity index (χ4v) is 3.26. The monoisotopic (exact) mass is 274 g/mol. The first-order valence-electron chi connectivity index (χ1n) is 7.08. The number of esters is 1.